The number of pyridine rings is 1. The fourth-order valence-corrected chi connectivity index (χ4v) is 3.38. The van der Waals surface area contributed by atoms with Crippen LogP contribution in [-0.4, -0.2) is 28.3 Å². The molecule has 1 aliphatic heterocycles. The first-order chi connectivity index (χ1) is 12.9. The van der Waals surface area contributed by atoms with Crippen molar-refractivity contribution < 1.29 is 0 Å². The molecule has 0 aliphatic carbocycles. The lowest BCUT2D eigenvalue weighted by Crippen LogP contribution is -2.37. The van der Waals surface area contributed by atoms with E-state index in [0.717, 1.165) is 41.3 Å². The van der Waals surface area contributed by atoms with Gasteiger partial charge in [-0.1, -0.05) is 36.4 Å². The van der Waals surface area contributed by atoms with E-state index in [1.165, 1.54) is 17.2 Å². The molecular weight excluding hydrogens is 320 g/mol. The second-order valence-electron chi connectivity index (χ2n) is 6.60. The van der Waals surface area contributed by atoms with Crippen molar-refractivity contribution in [3.63, 3.8) is 0 Å². The zero-order valence-electron chi connectivity index (χ0n) is 14.3. The van der Waals surface area contributed by atoms with E-state index in [-0.39, 0.29) is 0 Å². The minimum Gasteiger partial charge on any atom is -0.355 e. The van der Waals surface area contributed by atoms with Crippen molar-refractivity contribution in [2.24, 2.45) is 0 Å². The first-order valence-electron chi connectivity index (χ1n) is 8.91. The highest BCUT2D eigenvalue weighted by atomic mass is 15.3. The molecule has 4 aromatic rings. The van der Waals surface area contributed by atoms with Gasteiger partial charge in [0.1, 0.15) is 5.69 Å². The number of aromatic nitrogens is 3. The highest BCUT2D eigenvalue weighted by molar-refractivity contribution is 5.90. The molecule has 0 spiro atoms. The van der Waals surface area contributed by atoms with E-state index >= 15 is 0 Å². The van der Waals surface area contributed by atoms with Crippen LogP contribution in [0.2, 0.25) is 0 Å². The summed E-state index contributed by atoms with van der Waals surface area (Å²) in [6.07, 6.45) is 4.87. The lowest BCUT2D eigenvalue weighted by molar-refractivity contribution is 0.605. The fourth-order valence-electron chi connectivity index (χ4n) is 3.38. The molecule has 0 radical (unpaired) electrons. The molecule has 0 atom stereocenters. The van der Waals surface area contributed by atoms with Crippen molar-refractivity contribution in [1.29, 1.82) is 0 Å². The third-order valence-corrected chi connectivity index (χ3v) is 4.98. The summed E-state index contributed by atoms with van der Waals surface area (Å²) in [4.78, 5) is 6.42. The predicted octanol–water partition coefficient (Wildman–Crippen LogP) is 4.57. The Kier molecular flexibility index (Phi) is 3.60. The first kappa shape index (κ1) is 15.0. The number of hydrogen-bond acceptors (Lipinski definition) is 4. The van der Waals surface area contributed by atoms with E-state index in [2.05, 4.69) is 68.6 Å². The Morgan fingerprint density at radius 3 is 2.31 bits per heavy atom. The third-order valence-electron chi connectivity index (χ3n) is 4.98. The number of benzene rings is 2. The summed E-state index contributed by atoms with van der Waals surface area (Å²) < 4.78 is 0. The molecule has 4 heteroatoms. The van der Waals surface area contributed by atoms with Crippen LogP contribution in [0.15, 0.2) is 73.1 Å². The van der Waals surface area contributed by atoms with E-state index < -0.39 is 0 Å². The van der Waals surface area contributed by atoms with Crippen molar-refractivity contribution in [2.75, 3.05) is 18.0 Å². The molecule has 1 saturated heterocycles. The summed E-state index contributed by atoms with van der Waals surface area (Å²) in [6, 6.07) is 21.1. The van der Waals surface area contributed by atoms with Gasteiger partial charge in [0.15, 0.2) is 5.82 Å². The van der Waals surface area contributed by atoms with Crippen LogP contribution in [0.25, 0.3) is 33.2 Å². The second kappa shape index (κ2) is 6.23. The Labute approximate surface area is 152 Å². The van der Waals surface area contributed by atoms with Crippen LogP contribution in [0.1, 0.15) is 6.42 Å². The average Bonchev–Trinajstić information content (AvgIpc) is 2.67. The maximum Gasteiger partial charge on any atom is 0.151 e. The minimum absolute atomic E-state index is 0.909. The number of anilines is 1. The molecule has 0 N–H and O–H groups in total. The normalized spacial score (nSPS) is 13.6. The van der Waals surface area contributed by atoms with Crippen LogP contribution in [-0.2, 0) is 0 Å². The van der Waals surface area contributed by atoms with Gasteiger partial charge in [-0.2, -0.15) is 0 Å². The van der Waals surface area contributed by atoms with Gasteiger partial charge < -0.3 is 4.90 Å². The lowest BCUT2D eigenvalue weighted by Gasteiger charge is -2.32. The fraction of sp³-hybridized carbons (Fsp3) is 0.136. The van der Waals surface area contributed by atoms with Crippen molar-refractivity contribution in [2.45, 2.75) is 6.42 Å². The standard InChI is InChI=1S/C22H18N4/c1-2-5-18-14-19(7-6-16(18)4-1)22-20(17-8-10-23-11-9-17)15-21(24-25-22)26-12-3-13-26/h1-2,4-11,14-15H,3,12-13H2. The average molecular weight is 338 g/mol. The van der Waals surface area contributed by atoms with E-state index in [9.17, 15) is 0 Å². The Morgan fingerprint density at radius 1 is 0.731 bits per heavy atom. The first-order valence-corrected chi connectivity index (χ1v) is 8.91. The summed E-state index contributed by atoms with van der Waals surface area (Å²) in [5.74, 6) is 0.951. The van der Waals surface area contributed by atoms with Gasteiger partial charge in [-0.25, -0.2) is 0 Å². The number of hydrogen-bond donors (Lipinski definition) is 0. The maximum absolute atomic E-state index is 4.62. The van der Waals surface area contributed by atoms with Crippen molar-refractivity contribution in [1.82, 2.24) is 15.2 Å². The Morgan fingerprint density at radius 2 is 1.54 bits per heavy atom. The van der Waals surface area contributed by atoms with E-state index in [1.807, 2.05) is 24.5 Å². The van der Waals surface area contributed by atoms with Gasteiger partial charge in [-0.05, 0) is 47.0 Å². The zero-order valence-corrected chi connectivity index (χ0v) is 14.3. The number of fused-ring (bicyclic) bond motifs is 1. The third kappa shape index (κ3) is 2.60. The molecule has 2 aromatic carbocycles. The predicted molar refractivity (Wildman–Crippen MR) is 105 cm³/mol. The van der Waals surface area contributed by atoms with Crippen LogP contribution in [0.4, 0.5) is 5.82 Å². The summed E-state index contributed by atoms with van der Waals surface area (Å²) >= 11 is 0. The number of rotatable bonds is 3. The minimum atomic E-state index is 0.909. The van der Waals surface area contributed by atoms with Crippen LogP contribution in [0.3, 0.4) is 0 Å². The van der Waals surface area contributed by atoms with Crippen molar-refractivity contribution in [3.8, 4) is 22.4 Å². The molecule has 0 amide bonds. The zero-order chi connectivity index (χ0) is 17.3. The molecular formula is C22H18N4. The van der Waals surface area contributed by atoms with Gasteiger partial charge in [0.25, 0.3) is 0 Å². The van der Waals surface area contributed by atoms with Crippen LogP contribution < -0.4 is 4.90 Å². The van der Waals surface area contributed by atoms with Gasteiger partial charge in [-0.15, -0.1) is 10.2 Å². The number of nitrogens with zero attached hydrogens (tertiary/aromatic N) is 4. The molecule has 5 rings (SSSR count). The van der Waals surface area contributed by atoms with E-state index in [1.54, 1.807) is 0 Å². The molecule has 0 saturated carbocycles. The molecule has 26 heavy (non-hydrogen) atoms. The summed E-state index contributed by atoms with van der Waals surface area (Å²) in [5.41, 5.74) is 4.20. The van der Waals surface area contributed by atoms with Crippen LogP contribution in [0.5, 0.6) is 0 Å². The summed E-state index contributed by atoms with van der Waals surface area (Å²) in [5, 5.41) is 11.6. The molecule has 2 aromatic heterocycles. The summed E-state index contributed by atoms with van der Waals surface area (Å²) in [7, 11) is 0. The highest BCUT2D eigenvalue weighted by Crippen LogP contribution is 2.34. The van der Waals surface area contributed by atoms with E-state index in [4.69, 9.17) is 0 Å². The van der Waals surface area contributed by atoms with Gasteiger partial charge in [0.2, 0.25) is 0 Å². The van der Waals surface area contributed by atoms with Gasteiger partial charge in [-0.3, -0.25) is 4.98 Å². The molecule has 126 valence electrons. The lowest BCUT2D eigenvalue weighted by atomic mass is 9.98. The van der Waals surface area contributed by atoms with Crippen LogP contribution in [0, 0.1) is 0 Å². The quantitative estimate of drug-likeness (QED) is 0.549. The SMILES string of the molecule is c1ccc2cc(-c3nnc(N4CCC4)cc3-c3ccncc3)ccc2c1. The Bertz CT molecular complexity index is 1070. The topological polar surface area (TPSA) is 41.9 Å². The molecule has 0 bridgehead atoms. The van der Waals surface area contributed by atoms with E-state index in [0.29, 0.717) is 0 Å². The highest BCUT2D eigenvalue weighted by Gasteiger charge is 2.19. The molecule has 1 aliphatic rings. The van der Waals surface area contributed by atoms with Crippen molar-refractivity contribution >= 4 is 16.6 Å². The monoisotopic (exact) mass is 338 g/mol. The largest absolute Gasteiger partial charge is 0.355 e. The molecule has 1 fully saturated rings. The smallest absolute Gasteiger partial charge is 0.151 e. The van der Waals surface area contributed by atoms with Gasteiger partial charge >= 0.3 is 0 Å². The van der Waals surface area contributed by atoms with Crippen molar-refractivity contribution in [3.05, 3.63) is 73.1 Å². The maximum atomic E-state index is 4.62. The second-order valence-corrected chi connectivity index (χ2v) is 6.60. The molecule has 0 unspecified atom stereocenters. The van der Waals surface area contributed by atoms with Crippen LogP contribution >= 0.6 is 0 Å². The molecule has 3 heterocycles. The van der Waals surface area contributed by atoms with Gasteiger partial charge in [0, 0.05) is 36.6 Å². The Balaban J connectivity index is 1.69. The molecule has 4 nitrogen and oxygen atoms in total. The summed E-state index contributed by atoms with van der Waals surface area (Å²) in [6.45, 7) is 2.11. The van der Waals surface area contributed by atoms with Gasteiger partial charge in [0.05, 0.1) is 0 Å². The Hall–Kier alpha value is -3.27.